The molecule has 1 aromatic heterocycles. The molecule has 0 aliphatic carbocycles. The van der Waals surface area contributed by atoms with E-state index in [1.807, 2.05) is 0 Å². The molecule has 9 heteroatoms. The van der Waals surface area contributed by atoms with E-state index >= 15 is 0 Å². The van der Waals surface area contributed by atoms with Gasteiger partial charge in [0.15, 0.2) is 0 Å². The van der Waals surface area contributed by atoms with Crippen molar-refractivity contribution >= 4 is 27.6 Å². The van der Waals surface area contributed by atoms with Crippen molar-refractivity contribution in [3.8, 4) is 11.1 Å². The maximum atomic E-state index is 11.8. The summed E-state index contributed by atoms with van der Waals surface area (Å²) in [5.41, 5.74) is 8.04. The lowest BCUT2D eigenvalue weighted by atomic mass is 10.0. The van der Waals surface area contributed by atoms with E-state index in [0.717, 1.165) is 0 Å². The average Bonchev–Trinajstić information content (AvgIpc) is 2.45. The molecule has 0 saturated carbocycles. The number of rotatable bonds is 5. The summed E-state index contributed by atoms with van der Waals surface area (Å²) in [5.74, 6) is 0.145. The molecule has 0 amide bonds. The largest absolute Gasteiger partial charge is 0.384 e. The van der Waals surface area contributed by atoms with Crippen LogP contribution in [0.5, 0.6) is 0 Å². The summed E-state index contributed by atoms with van der Waals surface area (Å²) < 4.78 is 28.7. The summed E-state index contributed by atoms with van der Waals surface area (Å²) in [6.45, 7) is 2.15. The quantitative estimate of drug-likeness (QED) is 0.837. The van der Waals surface area contributed by atoms with Gasteiger partial charge < -0.3 is 10.5 Å². The predicted molar refractivity (Wildman–Crippen MR) is 88.6 cm³/mol. The van der Waals surface area contributed by atoms with Gasteiger partial charge in [-0.2, -0.15) is 0 Å². The van der Waals surface area contributed by atoms with Gasteiger partial charge in [-0.3, -0.25) is 0 Å². The van der Waals surface area contributed by atoms with E-state index in [4.69, 9.17) is 27.2 Å². The molecule has 7 nitrogen and oxygen atoms in total. The fraction of sp³-hybridized carbons (Fsp3) is 0.286. The number of aryl methyl sites for hydroxylation is 1. The molecule has 124 valence electrons. The Morgan fingerprint density at radius 3 is 2.61 bits per heavy atom. The molecular formula is C14H17ClN4O3S. The highest BCUT2D eigenvalue weighted by molar-refractivity contribution is 7.89. The molecule has 2 rings (SSSR count). The number of nitrogens with zero attached hydrogens (tertiary/aromatic N) is 2. The molecule has 23 heavy (non-hydrogen) atoms. The van der Waals surface area contributed by atoms with Crippen molar-refractivity contribution in [2.45, 2.75) is 18.2 Å². The minimum absolute atomic E-state index is 0.0994. The molecule has 0 aliphatic rings. The normalized spacial score (nSPS) is 11.7. The van der Waals surface area contributed by atoms with Gasteiger partial charge in [-0.25, -0.2) is 23.5 Å². The lowest BCUT2D eigenvalue weighted by Crippen LogP contribution is -2.14. The molecular weight excluding hydrogens is 340 g/mol. The maximum absolute atomic E-state index is 11.8. The Morgan fingerprint density at radius 1 is 1.35 bits per heavy atom. The van der Waals surface area contributed by atoms with Crippen molar-refractivity contribution in [1.29, 1.82) is 0 Å². The van der Waals surface area contributed by atoms with Crippen LogP contribution < -0.4 is 10.9 Å². The fourth-order valence-electron chi connectivity index (χ4n) is 2.18. The van der Waals surface area contributed by atoms with Gasteiger partial charge in [0.1, 0.15) is 4.90 Å². The van der Waals surface area contributed by atoms with Gasteiger partial charge in [0, 0.05) is 18.9 Å². The topological polar surface area (TPSA) is 121 Å². The molecule has 2 aromatic rings. The third-order valence-electron chi connectivity index (χ3n) is 3.31. The molecule has 0 radical (unpaired) electrons. The first-order chi connectivity index (χ1) is 10.7. The second kappa shape index (κ2) is 6.79. The fourth-order valence-corrected chi connectivity index (χ4v) is 3.38. The number of sulfonamides is 1. The number of halogens is 1. The third-order valence-corrected chi connectivity index (χ3v) is 4.80. The van der Waals surface area contributed by atoms with Gasteiger partial charge in [0.25, 0.3) is 0 Å². The SMILES string of the molecule is COCCc1cc(-c2cnc(N)nc2C)cc(S(N)(=O)=O)c1Cl. The van der Waals surface area contributed by atoms with Crippen LogP contribution in [0.1, 0.15) is 11.3 Å². The van der Waals surface area contributed by atoms with Crippen molar-refractivity contribution in [3.63, 3.8) is 0 Å². The monoisotopic (exact) mass is 356 g/mol. The van der Waals surface area contributed by atoms with Crippen LogP contribution in [-0.4, -0.2) is 32.1 Å². The number of aromatic nitrogens is 2. The maximum Gasteiger partial charge on any atom is 0.239 e. The summed E-state index contributed by atoms with van der Waals surface area (Å²) in [4.78, 5) is 7.90. The van der Waals surface area contributed by atoms with Crippen LogP contribution in [0, 0.1) is 6.92 Å². The van der Waals surface area contributed by atoms with E-state index in [-0.39, 0.29) is 15.9 Å². The van der Waals surface area contributed by atoms with Crippen molar-refractivity contribution in [2.24, 2.45) is 5.14 Å². The van der Waals surface area contributed by atoms with Gasteiger partial charge in [0.05, 0.1) is 17.3 Å². The van der Waals surface area contributed by atoms with E-state index in [2.05, 4.69) is 9.97 Å². The van der Waals surface area contributed by atoms with E-state index in [9.17, 15) is 8.42 Å². The molecule has 1 heterocycles. The first-order valence-electron chi connectivity index (χ1n) is 6.67. The van der Waals surface area contributed by atoms with Crippen LogP contribution in [0.3, 0.4) is 0 Å². The summed E-state index contributed by atoms with van der Waals surface area (Å²) in [7, 11) is -2.42. The number of benzene rings is 1. The van der Waals surface area contributed by atoms with Crippen molar-refractivity contribution < 1.29 is 13.2 Å². The Bertz CT molecular complexity index is 840. The number of nitrogens with two attached hydrogens (primary N) is 2. The smallest absolute Gasteiger partial charge is 0.239 e. The third kappa shape index (κ3) is 3.97. The molecule has 0 aliphatic heterocycles. The molecule has 0 saturated heterocycles. The molecule has 4 N–H and O–H groups in total. The Hall–Kier alpha value is -1.74. The molecule has 0 bridgehead atoms. The Labute approximate surface area is 139 Å². The number of ether oxygens (including phenoxy) is 1. The van der Waals surface area contributed by atoms with Crippen LogP contribution in [0.15, 0.2) is 23.2 Å². The van der Waals surface area contributed by atoms with Crippen LogP contribution in [0.4, 0.5) is 5.95 Å². The Balaban J connectivity index is 2.68. The van der Waals surface area contributed by atoms with Gasteiger partial charge >= 0.3 is 0 Å². The number of hydrogen-bond donors (Lipinski definition) is 2. The highest BCUT2D eigenvalue weighted by Gasteiger charge is 2.19. The Morgan fingerprint density at radius 2 is 2.04 bits per heavy atom. The highest BCUT2D eigenvalue weighted by Crippen LogP contribution is 2.32. The van der Waals surface area contributed by atoms with E-state index in [1.165, 1.54) is 12.3 Å². The number of methoxy groups -OCH3 is 1. The van der Waals surface area contributed by atoms with Gasteiger partial charge in [-0.05, 0) is 36.6 Å². The summed E-state index contributed by atoms with van der Waals surface area (Å²) in [6, 6.07) is 3.19. The van der Waals surface area contributed by atoms with Gasteiger partial charge in [0.2, 0.25) is 16.0 Å². The second-order valence-corrected chi connectivity index (χ2v) is 6.87. The Kier molecular flexibility index (Phi) is 5.20. The van der Waals surface area contributed by atoms with Crippen molar-refractivity contribution in [1.82, 2.24) is 9.97 Å². The standard InChI is InChI=1S/C14H17ClN4O3S/c1-8-11(7-18-14(16)19-8)10-5-9(3-4-22-2)13(15)12(6-10)23(17,20)21/h5-7H,3-4H2,1-2H3,(H2,16,18,19)(H2,17,20,21). The van der Waals surface area contributed by atoms with Crippen LogP contribution in [0.25, 0.3) is 11.1 Å². The number of nitrogen functional groups attached to an aromatic ring is 1. The minimum atomic E-state index is -3.97. The summed E-state index contributed by atoms with van der Waals surface area (Å²) in [6.07, 6.45) is 1.98. The predicted octanol–water partition coefficient (Wildman–Crippen LogP) is 1.52. The molecule has 1 aromatic carbocycles. The number of anilines is 1. The zero-order valence-electron chi connectivity index (χ0n) is 12.7. The minimum Gasteiger partial charge on any atom is -0.384 e. The molecule has 0 spiro atoms. The van der Waals surface area contributed by atoms with Crippen LogP contribution >= 0.6 is 11.6 Å². The molecule has 0 atom stereocenters. The summed E-state index contributed by atoms with van der Waals surface area (Å²) >= 11 is 6.19. The van der Waals surface area contributed by atoms with Gasteiger partial charge in [-0.15, -0.1) is 0 Å². The first kappa shape index (κ1) is 17.6. The average molecular weight is 357 g/mol. The van der Waals surface area contributed by atoms with Crippen LogP contribution in [0.2, 0.25) is 5.02 Å². The zero-order valence-corrected chi connectivity index (χ0v) is 14.3. The molecule has 0 unspecified atom stereocenters. The lowest BCUT2D eigenvalue weighted by molar-refractivity contribution is 0.202. The van der Waals surface area contributed by atoms with Crippen LogP contribution in [-0.2, 0) is 21.2 Å². The van der Waals surface area contributed by atoms with E-state index in [0.29, 0.717) is 35.4 Å². The number of primary sulfonamides is 1. The van der Waals surface area contributed by atoms with E-state index < -0.39 is 10.0 Å². The highest BCUT2D eigenvalue weighted by atomic mass is 35.5. The number of hydrogen-bond acceptors (Lipinski definition) is 6. The zero-order chi connectivity index (χ0) is 17.2. The molecule has 0 fully saturated rings. The van der Waals surface area contributed by atoms with Crippen molar-refractivity contribution in [3.05, 3.63) is 34.6 Å². The van der Waals surface area contributed by atoms with Gasteiger partial charge in [-0.1, -0.05) is 11.6 Å². The first-order valence-corrected chi connectivity index (χ1v) is 8.60. The summed E-state index contributed by atoms with van der Waals surface area (Å²) in [5, 5.41) is 5.37. The lowest BCUT2D eigenvalue weighted by Gasteiger charge is -2.13. The van der Waals surface area contributed by atoms with Crippen molar-refractivity contribution in [2.75, 3.05) is 19.5 Å². The van der Waals surface area contributed by atoms with E-state index in [1.54, 1.807) is 20.1 Å². The second-order valence-electron chi connectivity index (χ2n) is 4.96.